The summed E-state index contributed by atoms with van der Waals surface area (Å²) < 4.78 is 78.6. The topological polar surface area (TPSA) is 136 Å². The summed E-state index contributed by atoms with van der Waals surface area (Å²) in [6.07, 6.45) is -1.88. The SMILES string of the molecule is C[C@@H](CC(F)(F)F)NC(=O)OC[C@H]1C[C@H](c2cnc(Nc3ccc(S(N)(=O)=O)cc3F)nc2)C1. The molecule has 1 amide bonds. The number of rotatable bonds is 8. The molecule has 1 atom stereocenters. The average Bonchev–Trinajstić information content (AvgIpc) is 2.67. The zero-order valence-corrected chi connectivity index (χ0v) is 18.8. The second-order valence-corrected chi connectivity index (χ2v) is 9.71. The highest BCUT2D eigenvalue weighted by atomic mass is 32.2. The summed E-state index contributed by atoms with van der Waals surface area (Å²) in [7, 11) is -4.02. The number of nitrogens with two attached hydrogens (primary N) is 1. The van der Waals surface area contributed by atoms with Crippen LogP contribution < -0.4 is 15.8 Å². The first kappa shape index (κ1) is 25.6. The van der Waals surface area contributed by atoms with Crippen LogP contribution in [0.4, 0.5) is 34.0 Å². The third-order valence-electron chi connectivity index (χ3n) is 5.25. The molecule has 1 aliphatic rings. The van der Waals surface area contributed by atoms with Crippen molar-refractivity contribution in [3.8, 4) is 0 Å². The van der Waals surface area contributed by atoms with Crippen LogP contribution in [0, 0.1) is 11.7 Å². The molecule has 0 aliphatic heterocycles. The van der Waals surface area contributed by atoms with E-state index in [1.807, 2.05) is 0 Å². The number of ether oxygens (including phenoxy) is 1. The van der Waals surface area contributed by atoms with Gasteiger partial charge in [0.15, 0.2) is 0 Å². The Morgan fingerprint density at radius 1 is 1.26 bits per heavy atom. The number of amides is 1. The van der Waals surface area contributed by atoms with Crippen LogP contribution >= 0.6 is 0 Å². The Hall–Kier alpha value is -3.00. The van der Waals surface area contributed by atoms with Gasteiger partial charge in [-0.1, -0.05) is 0 Å². The minimum atomic E-state index is -4.37. The fraction of sp³-hybridized carbons (Fsp3) is 0.450. The number of carbonyl (C=O) groups excluding carboxylic acids is 1. The van der Waals surface area contributed by atoms with Crippen LogP contribution in [0.15, 0.2) is 35.5 Å². The maximum Gasteiger partial charge on any atom is 0.407 e. The maximum atomic E-state index is 14.1. The van der Waals surface area contributed by atoms with Crippen LogP contribution in [0.3, 0.4) is 0 Å². The number of halogens is 4. The van der Waals surface area contributed by atoms with E-state index < -0.39 is 40.6 Å². The Balaban J connectivity index is 1.44. The number of alkyl halides is 3. The molecule has 4 N–H and O–H groups in total. The van der Waals surface area contributed by atoms with Crippen LogP contribution in [-0.2, 0) is 14.8 Å². The Bertz CT molecular complexity index is 1120. The first-order valence-electron chi connectivity index (χ1n) is 10.2. The van der Waals surface area contributed by atoms with Gasteiger partial charge in [-0.2, -0.15) is 13.2 Å². The van der Waals surface area contributed by atoms with Gasteiger partial charge in [-0.25, -0.2) is 32.7 Å². The molecule has 14 heteroatoms. The molecule has 1 aromatic carbocycles. The molecule has 1 aliphatic carbocycles. The van der Waals surface area contributed by atoms with Crippen molar-refractivity contribution in [3.63, 3.8) is 0 Å². The van der Waals surface area contributed by atoms with Crippen molar-refractivity contribution in [2.45, 2.75) is 49.2 Å². The quantitative estimate of drug-likeness (QED) is 0.467. The minimum absolute atomic E-state index is 0.0242. The molecule has 0 spiro atoms. The third-order valence-corrected chi connectivity index (χ3v) is 6.16. The van der Waals surface area contributed by atoms with Crippen LogP contribution in [-0.4, -0.2) is 43.3 Å². The van der Waals surface area contributed by atoms with Gasteiger partial charge in [0.25, 0.3) is 0 Å². The number of nitrogens with zero attached hydrogens (tertiary/aromatic N) is 2. The van der Waals surface area contributed by atoms with Crippen LogP contribution in [0.5, 0.6) is 0 Å². The fourth-order valence-electron chi connectivity index (χ4n) is 3.49. The first-order chi connectivity index (χ1) is 15.8. The first-order valence-corrected chi connectivity index (χ1v) is 11.8. The Morgan fingerprint density at radius 2 is 1.91 bits per heavy atom. The number of hydrogen-bond donors (Lipinski definition) is 3. The van der Waals surface area contributed by atoms with Gasteiger partial charge < -0.3 is 15.4 Å². The molecular weight excluding hydrogens is 482 g/mol. The smallest absolute Gasteiger partial charge is 0.407 e. The van der Waals surface area contributed by atoms with Crippen molar-refractivity contribution in [1.82, 2.24) is 15.3 Å². The molecule has 1 fully saturated rings. The molecule has 1 saturated carbocycles. The number of sulfonamides is 1. The molecule has 9 nitrogen and oxygen atoms in total. The summed E-state index contributed by atoms with van der Waals surface area (Å²) in [5.74, 6) is -0.536. The Labute approximate surface area is 193 Å². The molecule has 34 heavy (non-hydrogen) atoms. The third kappa shape index (κ3) is 7.25. The molecule has 0 radical (unpaired) electrons. The zero-order valence-electron chi connectivity index (χ0n) is 18.0. The number of benzene rings is 1. The fourth-order valence-corrected chi connectivity index (χ4v) is 4.01. The van der Waals surface area contributed by atoms with Crippen molar-refractivity contribution in [3.05, 3.63) is 42.0 Å². The van der Waals surface area contributed by atoms with E-state index in [2.05, 4.69) is 20.6 Å². The summed E-state index contributed by atoms with van der Waals surface area (Å²) in [5.41, 5.74) is 0.805. The second kappa shape index (κ2) is 10.1. The van der Waals surface area contributed by atoms with Gasteiger partial charge in [0.05, 0.1) is 23.6 Å². The number of nitrogens with one attached hydrogen (secondary N) is 2. The highest BCUT2D eigenvalue weighted by Crippen LogP contribution is 2.41. The van der Waals surface area contributed by atoms with Gasteiger partial charge in [-0.15, -0.1) is 0 Å². The summed E-state index contributed by atoms with van der Waals surface area (Å²) in [4.78, 5) is 19.5. The van der Waals surface area contributed by atoms with Gasteiger partial charge in [-0.05, 0) is 55.4 Å². The van der Waals surface area contributed by atoms with E-state index in [1.165, 1.54) is 13.0 Å². The number of hydrogen-bond acceptors (Lipinski definition) is 7. The van der Waals surface area contributed by atoms with Gasteiger partial charge in [0, 0.05) is 18.4 Å². The number of carbonyl (C=O) groups is 1. The highest BCUT2D eigenvalue weighted by molar-refractivity contribution is 7.89. The van der Waals surface area contributed by atoms with E-state index in [1.54, 1.807) is 12.4 Å². The van der Waals surface area contributed by atoms with Gasteiger partial charge in [-0.3, -0.25) is 0 Å². The highest BCUT2D eigenvalue weighted by Gasteiger charge is 2.33. The predicted octanol–water partition coefficient (Wildman–Crippen LogP) is 3.57. The molecule has 0 bridgehead atoms. The van der Waals surface area contributed by atoms with Crippen molar-refractivity contribution < 1.29 is 35.5 Å². The largest absolute Gasteiger partial charge is 0.449 e. The van der Waals surface area contributed by atoms with Gasteiger partial charge in [0.2, 0.25) is 16.0 Å². The predicted molar refractivity (Wildman–Crippen MR) is 113 cm³/mol. The number of primary sulfonamides is 1. The summed E-state index contributed by atoms with van der Waals surface area (Å²) >= 11 is 0. The standard InChI is InChI=1S/C20H23F4N5O4S/c1-11(7-20(22,23)24)28-19(30)33-10-12-4-13(5-12)14-8-26-18(27-9-14)29-17-3-2-15(6-16(17)21)34(25,31)32/h2-3,6,8-9,11-13H,4-5,7,10H2,1H3,(H,28,30)(H2,25,31,32)(H,26,27,29)/t11-,12-,13-/m0/s1. The summed E-state index contributed by atoms with van der Waals surface area (Å²) in [5, 5.41) is 9.78. The normalized spacial score (nSPS) is 19.1. The van der Waals surface area contributed by atoms with Gasteiger partial charge >= 0.3 is 12.3 Å². The molecule has 2 aromatic rings. The second-order valence-electron chi connectivity index (χ2n) is 8.15. The van der Waals surface area contributed by atoms with Crippen molar-refractivity contribution >= 4 is 27.8 Å². The molecule has 186 valence electrons. The van der Waals surface area contributed by atoms with E-state index >= 15 is 0 Å². The molecule has 0 unspecified atom stereocenters. The summed E-state index contributed by atoms with van der Waals surface area (Å²) in [6.45, 7) is 1.34. The van der Waals surface area contributed by atoms with Crippen LogP contribution in [0.2, 0.25) is 0 Å². The number of alkyl carbamates (subject to hydrolysis) is 1. The number of aromatic nitrogens is 2. The molecule has 0 saturated heterocycles. The lowest BCUT2D eigenvalue weighted by Crippen LogP contribution is -2.38. The number of anilines is 2. The van der Waals surface area contributed by atoms with Crippen molar-refractivity contribution in [1.29, 1.82) is 0 Å². The van der Waals surface area contributed by atoms with Crippen LogP contribution in [0.25, 0.3) is 0 Å². The lowest BCUT2D eigenvalue weighted by atomic mass is 9.72. The molecule has 3 rings (SSSR count). The van der Waals surface area contributed by atoms with Gasteiger partial charge in [0.1, 0.15) is 5.82 Å². The van der Waals surface area contributed by atoms with Crippen molar-refractivity contribution in [2.75, 3.05) is 11.9 Å². The average molecular weight is 505 g/mol. The van der Waals surface area contributed by atoms with E-state index in [-0.39, 0.29) is 35.0 Å². The monoisotopic (exact) mass is 505 g/mol. The van der Waals surface area contributed by atoms with E-state index in [0.717, 1.165) is 17.7 Å². The molecular formula is C20H23F4N5O4S. The molecule has 1 aromatic heterocycles. The van der Waals surface area contributed by atoms with E-state index in [9.17, 15) is 30.8 Å². The Morgan fingerprint density at radius 3 is 2.47 bits per heavy atom. The van der Waals surface area contributed by atoms with Crippen molar-refractivity contribution in [2.24, 2.45) is 11.1 Å². The maximum absolute atomic E-state index is 14.1. The van der Waals surface area contributed by atoms with E-state index in [4.69, 9.17) is 9.88 Å². The Kier molecular flexibility index (Phi) is 7.60. The zero-order chi connectivity index (χ0) is 25.1. The minimum Gasteiger partial charge on any atom is -0.449 e. The lowest BCUT2D eigenvalue weighted by Gasteiger charge is -2.34. The summed E-state index contributed by atoms with van der Waals surface area (Å²) in [6, 6.07) is 2.08. The van der Waals surface area contributed by atoms with E-state index in [0.29, 0.717) is 12.8 Å². The lowest BCUT2D eigenvalue weighted by molar-refractivity contribution is -0.138. The van der Waals surface area contributed by atoms with Crippen LogP contribution in [0.1, 0.15) is 37.7 Å². The molecule has 1 heterocycles.